The lowest BCUT2D eigenvalue weighted by Gasteiger charge is -2.13. The summed E-state index contributed by atoms with van der Waals surface area (Å²) in [5.74, 6) is 0.0910. The highest BCUT2D eigenvalue weighted by atomic mass is 16.3. The summed E-state index contributed by atoms with van der Waals surface area (Å²) in [6, 6.07) is 0. The summed E-state index contributed by atoms with van der Waals surface area (Å²) in [7, 11) is 1.66. The maximum atomic E-state index is 12.2. The second-order valence-electron chi connectivity index (χ2n) is 4.47. The topological polar surface area (TPSA) is 55.1 Å². The van der Waals surface area contributed by atoms with Crippen LogP contribution in [0.4, 0.5) is 0 Å². The number of aromatic hydroxyl groups is 1. The molecule has 2 heterocycles. The van der Waals surface area contributed by atoms with Crippen molar-refractivity contribution >= 4 is 10.9 Å². The summed E-state index contributed by atoms with van der Waals surface area (Å²) < 4.78 is 1.46. The molecule has 0 spiro atoms. The van der Waals surface area contributed by atoms with Crippen molar-refractivity contribution < 1.29 is 5.11 Å². The molecule has 0 fully saturated rings. The van der Waals surface area contributed by atoms with Crippen molar-refractivity contribution in [2.45, 2.75) is 27.7 Å². The molecule has 1 N–H and O–H groups in total. The fourth-order valence-electron chi connectivity index (χ4n) is 2.03. The van der Waals surface area contributed by atoms with E-state index in [9.17, 15) is 9.90 Å². The van der Waals surface area contributed by atoms with Crippen molar-refractivity contribution in [3.8, 4) is 5.75 Å². The van der Waals surface area contributed by atoms with Crippen LogP contribution in [0.1, 0.15) is 22.5 Å². The fourth-order valence-corrected chi connectivity index (χ4v) is 2.03. The third-order valence-electron chi connectivity index (χ3n) is 3.59. The first kappa shape index (κ1) is 11.6. The summed E-state index contributed by atoms with van der Waals surface area (Å²) in [4.78, 5) is 16.5. The standard InChI is InChI=1S/C13H16N2O2/c1-6-7(2)10-11(14-8(6)3)12(16)9(4)15(5)13(10)17/h16H,1-5H3. The second kappa shape index (κ2) is 3.58. The zero-order chi connectivity index (χ0) is 12.9. The van der Waals surface area contributed by atoms with Crippen LogP contribution in [-0.4, -0.2) is 14.7 Å². The van der Waals surface area contributed by atoms with Gasteiger partial charge in [-0.2, -0.15) is 0 Å². The Kier molecular flexibility index (Phi) is 2.45. The minimum Gasteiger partial charge on any atom is -0.504 e. The molecule has 0 saturated heterocycles. The number of aryl methyl sites for hydroxylation is 2. The van der Waals surface area contributed by atoms with Crippen LogP contribution in [-0.2, 0) is 7.05 Å². The Morgan fingerprint density at radius 2 is 1.71 bits per heavy atom. The summed E-state index contributed by atoms with van der Waals surface area (Å²) >= 11 is 0. The van der Waals surface area contributed by atoms with Gasteiger partial charge in [-0.15, -0.1) is 0 Å². The van der Waals surface area contributed by atoms with E-state index in [1.807, 2.05) is 20.8 Å². The smallest absolute Gasteiger partial charge is 0.260 e. The molecular formula is C13H16N2O2. The summed E-state index contributed by atoms with van der Waals surface area (Å²) in [5, 5.41) is 10.6. The molecule has 0 aromatic carbocycles. The number of pyridine rings is 2. The lowest BCUT2D eigenvalue weighted by Crippen LogP contribution is -2.21. The molecule has 0 saturated carbocycles. The van der Waals surface area contributed by atoms with Gasteiger partial charge in [0.05, 0.1) is 11.1 Å². The van der Waals surface area contributed by atoms with Crippen LogP contribution in [0.5, 0.6) is 5.75 Å². The van der Waals surface area contributed by atoms with E-state index >= 15 is 0 Å². The van der Waals surface area contributed by atoms with Gasteiger partial charge in [-0.05, 0) is 38.8 Å². The van der Waals surface area contributed by atoms with Crippen molar-refractivity contribution in [1.29, 1.82) is 0 Å². The Balaban J connectivity index is 3.18. The molecule has 0 unspecified atom stereocenters. The van der Waals surface area contributed by atoms with Gasteiger partial charge in [0.2, 0.25) is 0 Å². The molecule has 0 aliphatic heterocycles. The molecule has 0 bridgehead atoms. The molecule has 0 radical (unpaired) electrons. The van der Waals surface area contributed by atoms with Gasteiger partial charge in [0.15, 0.2) is 5.75 Å². The number of hydrogen-bond acceptors (Lipinski definition) is 3. The van der Waals surface area contributed by atoms with E-state index in [-0.39, 0.29) is 11.3 Å². The van der Waals surface area contributed by atoms with Crippen molar-refractivity contribution in [1.82, 2.24) is 9.55 Å². The zero-order valence-corrected chi connectivity index (χ0v) is 10.7. The molecule has 0 atom stereocenters. The van der Waals surface area contributed by atoms with Gasteiger partial charge in [0.1, 0.15) is 5.52 Å². The maximum Gasteiger partial charge on any atom is 0.260 e. The fraction of sp³-hybridized carbons (Fsp3) is 0.385. The van der Waals surface area contributed by atoms with Gasteiger partial charge in [-0.3, -0.25) is 4.79 Å². The average Bonchev–Trinajstić information content (AvgIpc) is 2.30. The first-order chi connectivity index (χ1) is 7.86. The monoisotopic (exact) mass is 232 g/mol. The highest BCUT2D eigenvalue weighted by Crippen LogP contribution is 2.27. The summed E-state index contributed by atoms with van der Waals surface area (Å²) in [6.45, 7) is 7.42. The first-order valence-electron chi connectivity index (χ1n) is 5.52. The Bertz CT molecular complexity index is 684. The van der Waals surface area contributed by atoms with Crippen LogP contribution in [0, 0.1) is 27.7 Å². The molecule has 4 nitrogen and oxygen atoms in total. The van der Waals surface area contributed by atoms with E-state index in [4.69, 9.17) is 0 Å². The summed E-state index contributed by atoms with van der Waals surface area (Å²) in [5.41, 5.74) is 3.58. The van der Waals surface area contributed by atoms with Crippen LogP contribution >= 0.6 is 0 Å². The van der Waals surface area contributed by atoms with E-state index in [0.29, 0.717) is 16.6 Å². The van der Waals surface area contributed by atoms with E-state index < -0.39 is 0 Å². The predicted octanol–water partition coefficient (Wildman–Crippen LogP) is 1.87. The molecule has 0 aliphatic carbocycles. The number of aromatic nitrogens is 2. The molecule has 0 aliphatic rings. The minimum absolute atomic E-state index is 0.0910. The van der Waals surface area contributed by atoms with Crippen molar-refractivity contribution in [3.05, 3.63) is 32.9 Å². The van der Waals surface area contributed by atoms with Crippen LogP contribution in [0.25, 0.3) is 10.9 Å². The van der Waals surface area contributed by atoms with Gasteiger partial charge in [0, 0.05) is 12.7 Å². The molecule has 2 aromatic rings. The number of rotatable bonds is 0. The maximum absolute atomic E-state index is 12.2. The number of fused-ring (bicyclic) bond motifs is 1. The Morgan fingerprint density at radius 1 is 1.12 bits per heavy atom. The van der Waals surface area contributed by atoms with Gasteiger partial charge in [0.25, 0.3) is 5.56 Å². The lowest BCUT2D eigenvalue weighted by molar-refractivity contribution is 0.467. The molecule has 17 heavy (non-hydrogen) atoms. The Morgan fingerprint density at radius 3 is 2.29 bits per heavy atom. The normalized spacial score (nSPS) is 11.1. The van der Waals surface area contributed by atoms with Crippen molar-refractivity contribution in [2.24, 2.45) is 7.05 Å². The lowest BCUT2D eigenvalue weighted by atomic mass is 10.0. The van der Waals surface area contributed by atoms with E-state index in [0.717, 1.165) is 16.8 Å². The third-order valence-corrected chi connectivity index (χ3v) is 3.59. The number of nitrogens with zero attached hydrogens (tertiary/aromatic N) is 2. The van der Waals surface area contributed by atoms with Crippen LogP contribution < -0.4 is 5.56 Å². The molecule has 90 valence electrons. The van der Waals surface area contributed by atoms with E-state index in [2.05, 4.69) is 4.98 Å². The largest absolute Gasteiger partial charge is 0.504 e. The van der Waals surface area contributed by atoms with Crippen molar-refractivity contribution in [3.63, 3.8) is 0 Å². The van der Waals surface area contributed by atoms with Gasteiger partial charge in [-0.1, -0.05) is 0 Å². The number of hydrogen-bond donors (Lipinski definition) is 1. The Labute approximate surface area is 99.5 Å². The van der Waals surface area contributed by atoms with Gasteiger partial charge < -0.3 is 9.67 Å². The second-order valence-corrected chi connectivity index (χ2v) is 4.47. The van der Waals surface area contributed by atoms with Crippen LogP contribution in [0.2, 0.25) is 0 Å². The molecule has 2 aromatic heterocycles. The van der Waals surface area contributed by atoms with E-state index in [1.165, 1.54) is 4.57 Å². The molecule has 4 heteroatoms. The average molecular weight is 232 g/mol. The quantitative estimate of drug-likeness (QED) is 0.754. The van der Waals surface area contributed by atoms with Crippen LogP contribution in [0.3, 0.4) is 0 Å². The van der Waals surface area contributed by atoms with Crippen LogP contribution in [0.15, 0.2) is 4.79 Å². The van der Waals surface area contributed by atoms with Gasteiger partial charge in [-0.25, -0.2) is 4.98 Å². The molecule has 0 amide bonds. The highest BCUT2D eigenvalue weighted by molar-refractivity contribution is 5.88. The molecule has 2 rings (SSSR count). The SMILES string of the molecule is Cc1nc2c(O)c(C)n(C)c(=O)c2c(C)c1C. The third kappa shape index (κ3) is 1.44. The zero-order valence-electron chi connectivity index (χ0n) is 10.7. The predicted molar refractivity (Wildman–Crippen MR) is 67.6 cm³/mol. The van der Waals surface area contributed by atoms with Crippen molar-refractivity contribution in [2.75, 3.05) is 0 Å². The first-order valence-corrected chi connectivity index (χ1v) is 5.52. The van der Waals surface area contributed by atoms with Gasteiger partial charge >= 0.3 is 0 Å². The summed E-state index contributed by atoms with van der Waals surface area (Å²) in [6.07, 6.45) is 0. The molecular weight excluding hydrogens is 216 g/mol. The highest BCUT2D eigenvalue weighted by Gasteiger charge is 2.16. The minimum atomic E-state index is -0.108. The van der Waals surface area contributed by atoms with E-state index in [1.54, 1.807) is 14.0 Å². The Hall–Kier alpha value is -1.84.